The minimum absolute atomic E-state index is 0.216. The van der Waals surface area contributed by atoms with E-state index in [4.69, 9.17) is 0 Å². The molecule has 1 aromatic heterocycles. The average Bonchev–Trinajstić information content (AvgIpc) is 2.92. The number of amides is 1. The number of carbonyl (C=O) groups is 1. The van der Waals surface area contributed by atoms with E-state index < -0.39 is 0 Å². The zero-order valence-electron chi connectivity index (χ0n) is 11.1. The van der Waals surface area contributed by atoms with Gasteiger partial charge in [-0.25, -0.2) is 5.43 Å². The van der Waals surface area contributed by atoms with Gasteiger partial charge >= 0.3 is 0 Å². The molecule has 1 aliphatic heterocycles. The Balaban J connectivity index is 1.58. The number of rotatable bonds is 3. The highest BCUT2D eigenvalue weighted by Crippen LogP contribution is 2.28. The molecule has 1 fully saturated rings. The monoisotopic (exact) mass is 271 g/mol. The Morgan fingerprint density at radius 2 is 2.35 bits per heavy atom. The van der Waals surface area contributed by atoms with Crippen LogP contribution >= 0.6 is 0 Å². The molecule has 1 aromatic rings. The summed E-state index contributed by atoms with van der Waals surface area (Å²) in [6, 6.07) is 4.02. The van der Waals surface area contributed by atoms with Gasteiger partial charge in [0.15, 0.2) is 0 Å². The maximum Gasteiger partial charge on any atom is 0.287 e. The smallest absolute Gasteiger partial charge is 0.287 e. The molecule has 0 spiro atoms. The lowest BCUT2D eigenvalue weighted by atomic mass is 9.82. The van der Waals surface area contributed by atoms with Crippen molar-refractivity contribution in [2.75, 3.05) is 0 Å². The molecular weight excluding hydrogens is 254 g/mol. The van der Waals surface area contributed by atoms with Gasteiger partial charge in [0.2, 0.25) is 0 Å². The van der Waals surface area contributed by atoms with Gasteiger partial charge in [0, 0.05) is 23.9 Å². The molecule has 20 heavy (non-hydrogen) atoms. The minimum atomic E-state index is -0.216. The van der Waals surface area contributed by atoms with E-state index >= 15 is 0 Å². The highest BCUT2D eigenvalue weighted by atomic mass is 16.2. The number of pyridine rings is 1. The number of aromatic nitrogens is 1. The molecule has 2 heterocycles. The van der Waals surface area contributed by atoms with E-state index in [1.807, 2.05) is 12.1 Å². The number of nitrogens with zero attached hydrogens (tertiary/aromatic N) is 3. The van der Waals surface area contributed by atoms with Crippen LogP contribution in [0.3, 0.4) is 0 Å². The summed E-state index contributed by atoms with van der Waals surface area (Å²) in [6.45, 7) is 0. The molecule has 2 atom stereocenters. The predicted molar refractivity (Wildman–Crippen MR) is 76.3 cm³/mol. The highest BCUT2D eigenvalue weighted by Gasteiger charge is 2.36. The lowest BCUT2D eigenvalue weighted by Gasteiger charge is -2.24. The number of nitrogens with one attached hydrogen (secondary N) is 2. The summed E-state index contributed by atoms with van der Waals surface area (Å²) in [5.41, 5.74) is 7.02. The maximum absolute atomic E-state index is 12.1. The van der Waals surface area contributed by atoms with E-state index in [0.29, 0.717) is 11.8 Å². The second kappa shape index (κ2) is 5.81. The molecule has 2 unspecified atom stereocenters. The molecule has 1 amide bonds. The fourth-order valence-corrected chi connectivity index (χ4v) is 2.74. The Kier molecular flexibility index (Phi) is 3.71. The summed E-state index contributed by atoms with van der Waals surface area (Å²) >= 11 is 0. The largest absolute Gasteiger partial charge is 0.306 e. The van der Waals surface area contributed by atoms with Crippen LogP contribution in [0.25, 0.3) is 0 Å². The van der Waals surface area contributed by atoms with Crippen LogP contribution < -0.4 is 10.9 Å². The summed E-state index contributed by atoms with van der Waals surface area (Å²) < 4.78 is 0. The lowest BCUT2D eigenvalue weighted by Crippen LogP contribution is -2.37. The van der Waals surface area contributed by atoms with Crippen LogP contribution in [0.1, 0.15) is 31.2 Å². The molecule has 2 N–H and O–H groups in total. The Morgan fingerprint density at radius 3 is 3.20 bits per heavy atom. The molecule has 0 aromatic carbocycles. The minimum Gasteiger partial charge on any atom is -0.306 e. The zero-order valence-corrected chi connectivity index (χ0v) is 11.1. The maximum atomic E-state index is 12.1. The molecule has 104 valence electrons. The van der Waals surface area contributed by atoms with Gasteiger partial charge in [-0.05, 0) is 18.9 Å². The molecule has 6 heteroatoms. The first-order valence-electron chi connectivity index (χ1n) is 6.91. The Hall–Kier alpha value is -2.24. The van der Waals surface area contributed by atoms with E-state index in [2.05, 4.69) is 26.0 Å². The van der Waals surface area contributed by atoms with E-state index in [1.54, 1.807) is 18.6 Å². The Morgan fingerprint density at radius 1 is 1.45 bits per heavy atom. The second-order valence-electron chi connectivity index (χ2n) is 5.11. The number of hydrogen-bond donors (Lipinski definition) is 2. The summed E-state index contributed by atoms with van der Waals surface area (Å²) in [6.07, 6.45) is 9.43. The fraction of sp³-hybridized carbons (Fsp3) is 0.429. The van der Waals surface area contributed by atoms with Crippen molar-refractivity contribution in [3.8, 4) is 0 Å². The van der Waals surface area contributed by atoms with Gasteiger partial charge in [0.05, 0.1) is 12.3 Å². The van der Waals surface area contributed by atoms with Gasteiger partial charge in [-0.3, -0.25) is 9.78 Å². The van der Waals surface area contributed by atoms with Gasteiger partial charge in [0.25, 0.3) is 5.91 Å². The standard InChI is InChI=1S/C14H17N5O/c20-14(19-16-9-10-4-3-7-15-8-10)13-11-5-1-2-6-12(11)17-18-13/h3-4,7-9,11-12,17H,1-2,5-6H2,(H,19,20)/b16-9+. The number of carbonyl (C=O) groups excluding carboxylic acids is 1. The van der Waals surface area contributed by atoms with Crippen LogP contribution in [0.4, 0.5) is 0 Å². The third kappa shape index (κ3) is 2.68. The SMILES string of the molecule is O=C(N/N=C/c1cccnc1)C1=NNC2CCCCC12. The van der Waals surface area contributed by atoms with E-state index in [9.17, 15) is 4.79 Å². The zero-order chi connectivity index (χ0) is 13.8. The van der Waals surface area contributed by atoms with E-state index in [1.165, 1.54) is 6.42 Å². The van der Waals surface area contributed by atoms with Crippen molar-refractivity contribution in [3.63, 3.8) is 0 Å². The van der Waals surface area contributed by atoms with Crippen molar-refractivity contribution in [2.45, 2.75) is 31.7 Å². The van der Waals surface area contributed by atoms with Crippen LogP contribution in [-0.4, -0.2) is 28.9 Å². The summed E-state index contributed by atoms with van der Waals surface area (Å²) in [7, 11) is 0. The molecule has 1 saturated carbocycles. The first-order valence-corrected chi connectivity index (χ1v) is 6.91. The summed E-state index contributed by atoms with van der Waals surface area (Å²) in [4.78, 5) is 16.1. The normalized spacial score (nSPS) is 24.9. The average molecular weight is 271 g/mol. The van der Waals surface area contributed by atoms with Crippen LogP contribution in [0.2, 0.25) is 0 Å². The molecule has 1 aliphatic carbocycles. The highest BCUT2D eigenvalue weighted by molar-refractivity contribution is 6.40. The van der Waals surface area contributed by atoms with Gasteiger partial charge in [-0.1, -0.05) is 18.9 Å². The topological polar surface area (TPSA) is 78.7 Å². The number of fused-ring (bicyclic) bond motifs is 1. The molecule has 2 aliphatic rings. The molecule has 0 saturated heterocycles. The molecular formula is C14H17N5O. The van der Waals surface area contributed by atoms with Gasteiger partial charge < -0.3 is 5.43 Å². The van der Waals surface area contributed by atoms with Gasteiger partial charge in [-0.2, -0.15) is 10.2 Å². The molecule has 0 radical (unpaired) electrons. The first kappa shape index (κ1) is 12.8. The fourth-order valence-electron chi connectivity index (χ4n) is 2.74. The van der Waals surface area contributed by atoms with Crippen molar-refractivity contribution >= 4 is 17.8 Å². The third-order valence-corrected chi connectivity index (χ3v) is 3.76. The quantitative estimate of drug-likeness (QED) is 0.637. The Bertz CT molecular complexity index is 540. The third-order valence-electron chi connectivity index (χ3n) is 3.76. The predicted octanol–water partition coefficient (Wildman–Crippen LogP) is 1.05. The van der Waals surface area contributed by atoms with Gasteiger partial charge in [-0.15, -0.1) is 0 Å². The van der Waals surface area contributed by atoms with Crippen molar-refractivity contribution in [3.05, 3.63) is 30.1 Å². The van der Waals surface area contributed by atoms with Crippen LogP contribution in [0.15, 0.2) is 34.7 Å². The van der Waals surface area contributed by atoms with Crippen molar-refractivity contribution in [1.82, 2.24) is 15.8 Å². The van der Waals surface area contributed by atoms with Crippen molar-refractivity contribution in [2.24, 2.45) is 16.1 Å². The van der Waals surface area contributed by atoms with Crippen LogP contribution in [0, 0.1) is 5.92 Å². The second-order valence-corrected chi connectivity index (χ2v) is 5.11. The molecule has 3 rings (SSSR count). The van der Waals surface area contributed by atoms with Crippen LogP contribution in [0.5, 0.6) is 0 Å². The lowest BCUT2D eigenvalue weighted by molar-refractivity contribution is -0.115. The van der Waals surface area contributed by atoms with Crippen molar-refractivity contribution in [1.29, 1.82) is 0 Å². The van der Waals surface area contributed by atoms with Gasteiger partial charge in [0.1, 0.15) is 5.71 Å². The first-order chi connectivity index (χ1) is 9.84. The van der Waals surface area contributed by atoms with E-state index in [-0.39, 0.29) is 11.8 Å². The number of hydrazone groups is 2. The molecule has 0 bridgehead atoms. The molecule has 6 nitrogen and oxygen atoms in total. The summed E-state index contributed by atoms with van der Waals surface area (Å²) in [5, 5.41) is 8.12. The number of hydrogen-bond acceptors (Lipinski definition) is 5. The van der Waals surface area contributed by atoms with Crippen molar-refractivity contribution < 1.29 is 4.79 Å². The Labute approximate surface area is 117 Å². The van der Waals surface area contributed by atoms with E-state index in [0.717, 1.165) is 24.8 Å². The summed E-state index contributed by atoms with van der Waals surface area (Å²) in [5.74, 6) is 0.0179. The van der Waals surface area contributed by atoms with Crippen LogP contribution in [-0.2, 0) is 4.79 Å².